The molecule has 0 aliphatic heterocycles. The molecule has 0 amide bonds. The maximum absolute atomic E-state index is 10.3. The van der Waals surface area contributed by atoms with Gasteiger partial charge < -0.3 is 10.8 Å². The van der Waals surface area contributed by atoms with E-state index in [0.717, 1.165) is 24.1 Å². The third-order valence-electron chi connectivity index (χ3n) is 2.92. The number of fused-ring (bicyclic) bond motifs is 1. The van der Waals surface area contributed by atoms with Gasteiger partial charge in [0.25, 0.3) is 0 Å². The molecule has 1 aliphatic rings. The van der Waals surface area contributed by atoms with E-state index < -0.39 is 5.60 Å². The standard InChI is InChI=1S/C12H15NO/c1-2-6-12(14)7-5-9-8-10(13)3-4-11(9)12/h2-4,8,14H,1,5-7,13H2. The number of nitrogen functional groups attached to an aromatic ring is 1. The van der Waals surface area contributed by atoms with Crippen LogP contribution in [0.15, 0.2) is 30.9 Å². The number of anilines is 1. The molecule has 74 valence electrons. The molecule has 2 rings (SSSR count). The van der Waals surface area contributed by atoms with Crippen molar-refractivity contribution in [1.82, 2.24) is 0 Å². The highest BCUT2D eigenvalue weighted by Gasteiger charge is 2.35. The first-order valence-corrected chi connectivity index (χ1v) is 4.88. The quantitative estimate of drug-likeness (QED) is 0.552. The average Bonchev–Trinajstić information content (AvgIpc) is 2.44. The van der Waals surface area contributed by atoms with Crippen molar-refractivity contribution in [3.63, 3.8) is 0 Å². The van der Waals surface area contributed by atoms with Crippen LogP contribution in [0.1, 0.15) is 24.0 Å². The number of hydrogen-bond acceptors (Lipinski definition) is 2. The highest BCUT2D eigenvalue weighted by Crippen LogP contribution is 2.40. The first-order valence-electron chi connectivity index (χ1n) is 4.88. The van der Waals surface area contributed by atoms with E-state index in [0.29, 0.717) is 6.42 Å². The topological polar surface area (TPSA) is 46.2 Å². The lowest BCUT2D eigenvalue weighted by molar-refractivity contribution is 0.0419. The normalized spacial score (nSPS) is 24.6. The summed E-state index contributed by atoms with van der Waals surface area (Å²) < 4.78 is 0. The first kappa shape index (κ1) is 9.28. The van der Waals surface area contributed by atoms with E-state index in [1.165, 1.54) is 5.56 Å². The summed E-state index contributed by atoms with van der Waals surface area (Å²) in [6.07, 6.45) is 4.07. The van der Waals surface area contributed by atoms with Gasteiger partial charge in [-0.1, -0.05) is 12.1 Å². The molecule has 2 nitrogen and oxygen atoms in total. The second-order valence-electron chi connectivity index (χ2n) is 3.94. The lowest BCUT2D eigenvalue weighted by atomic mass is 9.92. The molecule has 1 aliphatic carbocycles. The maximum Gasteiger partial charge on any atom is 0.0936 e. The second-order valence-corrected chi connectivity index (χ2v) is 3.94. The Morgan fingerprint density at radius 2 is 2.36 bits per heavy atom. The fourth-order valence-electron chi connectivity index (χ4n) is 2.20. The minimum absolute atomic E-state index is 0.615. The van der Waals surface area contributed by atoms with Gasteiger partial charge in [-0.05, 0) is 42.5 Å². The van der Waals surface area contributed by atoms with Crippen LogP contribution in [0.3, 0.4) is 0 Å². The van der Waals surface area contributed by atoms with Crippen molar-refractivity contribution in [2.45, 2.75) is 24.9 Å². The molecule has 3 N–H and O–H groups in total. The van der Waals surface area contributed by atoms with Crippen LogP contribution in [-0.4, -0.2) is 5.11 Å². The zero-order valence-electron chi connectivity index (χ0n) is 8.16. The minimum Gasteiger partial charge on any atom is -0.399 e. The summed E-state index contributed by atoms with van der Waals surface area (Å²) in [4.78, 5) is 0. The van der Waals surface area contributed by atoms with Crippen molar-refractivity contribution in [3.8, 4) is 0 Å². The van der Waals surface area contributed by atoms with Gasteiger partial charge in [-0.3, -0.25) is 0 Å². The van der Waals surface area contributed by atoms with E-state index in [1.54, 1.807) is 6.08 Å². The summed E-state index contributed by atoms with van der Waals surface area (Å²) >= 11 is 0. The van der Waals surface area contributed by atoms with Crippen LogP contribution in [0.2, 0.25) is 0 Å². The van der Waals surface area contributed by atoms with Crippen molar-refractivity contribution < 1.29 is 5.11 Å². The maximum atomic E-state index is 10.3. The molecule has 2 heteroatoms. The molecular formula is C12H15NO. The van der Waals surface area contributed by atoms with Crippen LogP contribution in [0.4, 0.5) is 5.69 Å². The number of benzene rings is 1. The largest absolute Gasteiger partial charge is 0.399 e. The minimum atomic E-state index is -0.704. The van der Waals surface area contributed by atoms with Crippen molar-refractivity contribution in [3.05, 3.63) is 42.0 Å². The van der Waals surface area contributed by atoms with Gasteiger partial charge in [-0.25, -0.2) is 0 Å². The van der Waals surface area contributed by atoms with E-state index in [2.05, 4.69) is 6.58 Å². The molecule has 0 heterocycles. The Labute approximate surface area is 84.1 Å². The van der Waals surface area contributed by atoms with Gasteiger partial charge in [0.1, 0.15) is 0 Å². The SMILES string of the molecule is C=CCC1(O)CCc2cc(N)ccc21. The molecule has 0 spiro atoms. The van der Waals surface area contributed by atoms with Crippen LogP contribution in [0, 0.1) is 0 Å². The molecule has 0 saturated heterocycles. The van der Waals surface area contributed by atoms with Crippen LogP contribution < -0.4 is 5.73 Å². The molecule has 14 heavy (non-hydrogen) atoms. The van der Waals surface area contributed by atoms with Gasteiger partial charge in [0.2, 0.25) is 0 Å². The zero-order valence-corrected chi connectivity index (χ0v) is 8.16. The molecule has 0 fully saturated rings. The lowest BCUT2D eigenvalue weighted by Crippen LogP contribution is -2.20. The van der Waals surface area contributed by atoms with Gasteiger partial charge in [0.05, 0.1) is 5.60 Å². The molecular weight excluding hydrogens is 174 g/mol. The van der Waals surface area contributed by atoms with Crippen molar-refractivity contribution >= 4 is 5.69 Å². The Kier molecular flexibility index (Phi) is 2.08. The first-order chi connectivity index (χ1) is 6.65. The van der Waals surface area contributed by atoms with E-state index in [4.69, 9.17) is 5.73 Å². The molecule has 0 radical (unpaired) electrons. The summed E-state index contributed by atoms with van der Waals surface area (Å²) in [6.45, 7) is 3.68. The number of rotatable bonds is 2. The summed E-state index contributed by atoms with van der Waals surface area (Å²) in [5, 5.41) is 10.3. The Morgan fingerprint density at radius 1 is 1.57 bits per heavy atom. The van der Waals surface area contributed by atoms with Crippen molar-refractivity contribution in [2.24, 2.45) is 0 Å². The molecule has 0 aromatic heterocycles. The van der Waals surface area contributed by atoms with E-state index in [9.17, 15) is 5.11 Å². The Hall–Kier alpha value is -1.28. The van der Waals surface area contributed by atoms with Crippen LogP contribution in [-0.2, 0) is 12.0 Å². The van der Waals surface area contributed by atoms with Crippen LogP contribution in [0.5, 0.6) is 0 Å². The lowest BCUT2D eigenvalue weighted by Gasteiger charge is -2.22. The monoisotopic (exact) mass is 189 g/mol. The molecule has 0 bridgehead atoms. The van der Waals surface area contributed by atoms with Gasteiger partial charge in [-0.15, -0.1) is 6.58 Å². The number of nitrogens with two attached hydrogens (primary N) is 1. The van der Waals surface area contributed by atoms with Gasteiger partial charge in [-0.2, -0.15) is 0 Å². The van der Waals surface area contributed by atoms with Gasteiger partial charge in [0.15, 0.2) is 0 Å². The highest BCUT2D eigenvalue weighted by atomic mass is 16.3. The molecule has 1 aromatic carbocycles. The smallest absolute Gasteiger partial charge is 0.0936 e. The summed E-state index contributed by atoms with van der Waals surface area (Å²) in [7, 11) is 0. The number of aliphatic hydroxyl groups is 1. The Morgan fingerprint density at radius 3 is 3.07 bits per heavy atom. The summed E-state index contributed by atoms with van der Waals surface area (Å²) in [5.41, 5.74) is 7.95. The van der Waals surface area contributed by atoms with E-state index in [1.807, 2.05) is 18.2 Å². The molecule has 1 aromatic rings. The average molecular weight is 189 g/mol. The molecule has 1 unspecified atom stereocenters. The van der Waals surface area contributed by atoms with E-state index >= 15 is 0 Å². The number of hydrogen-bond donors (Lipinski definition) is 2. The summed E-state index contributed by atoms with van der Waals surface area (Å²) in [5.74, 6) is 0. The van der Waals surface area contributed by atoms with Gasteiger partial charge in [0, 0.05) is 5.69 Å². The molecule has 1 atom stereocenters. The second kappa shape index (κ2) is 3.14. The van der Waals surface area contributed by atoms with Crippen molar-refractivity contribution in [2.75, 3.05) is 5.73 Å². The van der Waals surface area contributed by atoms with Crippen molar-refractivity contribution in [1.29, 1.82) is 0 Å². The molecule has 0 saturated carbocycles. The van der Waals surface area contributed by atoms with E-state index in [-0.39, 0.29) is 0 Å². The Bertz CT molecular complexity index is 373. The fourth-order valence-corrected chi connectivity index (χ4v) is 2.20. The summed E-state index contributed by atoms with van der Waals surface area (Å²) in [6, 6.07) is 5.73. The van der Waals surface area contributed by atoms with Crippen LogP contribution >= 0.6 is 0 Å². The van der Waals surface area contributed by atoms with Gasteiger partial charge >= 0.3 is 0 Å². The zero-order chi connectivity index (χ0) is 10.2. The number of aryl methyl sites for hydroxylation is 1. The predicted molar refractivity (Wildman–Crippen MR) is 57.9 cm³/mol. The fraction of sp³-hybridized carbons (Fsp3) is 0.333. The third-order valence-corrected chi connectivity index (χ3v) is 2.92. The third kappa shape index (κ3) is 1.32. The van der Waals surface area contributed by atoms with Crippen LogP contribution in [0.25, 0.3) is 0 Å². The Balaban J connectivity index is 2.44. The highest BCUT2D eigenvalue weighted by molar-refractivity contribution is 5.49. The predicted octanol–water partition coefficient (Wildman–Crippen LogP) is 1.98.